The van der Waals surface area contributed by atoms with Gasteiger partial charge >= 0.3 is 6.09 Å². The van der Waals surface area contributed by atoms with Crippen molar-refractivity contribution in [3.05, 3.63) is 0 Å². The van der Waals surface area contributed by atoms with Crippen LogP contribution in [0.15, 0.2) is 4.99 Å². The van der Waals surface area contributed by atoms with E-state index in [9.17, 15) is 4.79 Å². The number of hydrogen-bond donors (Lipinski definition) is 2. The number of carbonyl (C=O) groups is 1. The third-order valence-corrected chi connectivity index (χ3v) is 5.53. The number of aliphatic imine (C=N–C) groups is 1. The van der Waals surface area contributed by atoms with Crippen molar-refractivity contribution in [1.29, 1.82) is 0 Å². The van der Waals surface area contributed by atoms with E-state index >= 15 is 0 Å². The van der Waals surface area contributed by atoms with Crippen LogP contribution in [-0.4, -0.2) is 56.3 Å². The molecule has 0 atom stereocenters. The van der Waals surface area contributed by atoms with Gasteiger partial charge in [-0.3, -0.25) is 4.99 Å². The lowest BCUT2D eigenvalue weighted by Crippen LogP contribution is -2.50. The van der Waals surface area contributed by atoms with E-state index in [0.717, 1.165) is 44.4 Å². The Balaban J connectivity index is 1.39. The number of piperidine rings is 1. The maximum atomic E-state index is 11.7. The second-order valence-corrected chi connectivity index (χ2v) is 7.17. The Morgan fingerprint density at radius 3 is 2.48 bits per heavy atom. The van der Waals surface area contributed by atoms with Crippen LogP contribution >= 0.6 is 0 Å². The average Bonchev–Trinajstić information content (AvgIpc) is 3.45. The summed E-state index contributed by atoms with van der Waals surface area (Å²) in [5, 5.41) is 7.05. The lowest BCUT2D eigenvalue weighted by Gasteiger charge is -2.32. The van der Waals surface area contributed by atoms with E-state index in [1.807, 2.05) is 14.0 Å². The fourth-order valence-corrected chi connectivity index (χ4v) is 3.65. The average molecular weight is 322 g/mol. The largest absolute Gasteiger partial charge is 0.450 e. The number of ether oxygens (including phenoxy) is 1. The molecule has 23 heavy (non-hydrogen) atoms. The molecule has 2 N–H and O–H groups in total. The summed E-state index contributed by atoms with van der Waals surface area (Å²) in [7, 11) is 1.83. The lowest BCUT2D eigenvalue weighted by molar-refractivity contribution is 0.0963. The molecule has 1 saturated heterocycles. The van der Waals surface area contributed by atoms with Crippen LogP contribution in [0, 0.1) is 11.3 Å². The van der Waals surface area contributed by atoms with Gasteiger partial charge in [-0.2, -0.15) is 0 Å². The summed E-state index contributed by atoms with van der Waals surface area (Å²) in [6, 6.07) is 0.378. The molecule has 3 rings (SSSR count). The number of guanidine groups is 1. The standard InChI is InChI=1S/C17H30N4O2/c1-3-23-16(22)21-10-6-14(7-11-21)20-15(18-2)19-12-17(8-9-17)13-4-5-13/h13-14H,3-12H2,1-2H3,(H2,18,19,20). The molecule has 0 aromatic heterocycles. The predicted octanol–water partition coefficient (Wildman–Crippen LogP) is 1.96. The number of amides is 1. The topological polar surface area (TPSA) is 66.0 Å². The van der Waals surface area contributed by atoms with Gasteiger partial charge in [-0.1, -0.05) is 0 Å². The highest BCUT2D eigenvalue weighted by Gasteiger charge is 2.53. The summed E-state index contributed by atoms with van der Waals surface area (Å²) in [6.07, 6.45) is 7.27. The Labute approximate surface area is 139 Å². The second kappa shape index (κ2) is 6.97. The van der Waals surface area contributed by atoms with Gasteiger partial charge in [0.2, 0.25) is 0 Å². The zero-order valence-corrected chi connectivity index (χ0v) is 14.4. The third-order valence-electron chi connectivity index (χ3n) is 5.53. The summed E-state index contributed by atoms with van der Waals surface area (Å²) in [5.41, 5.74) is 0.574. The zero-order chi connectivity index (χ0) is 16.3. The van der Waals surface area contributed by atoms with E-state index in [-0.39, 0.29) is 6.09 Å². The van der Waals surface area contributed by atoms with Gasteiger partial charge in [-0.25, -0.2) is 4.79 Å². The first kappa shape index (κ1) is 16.4. The normalized spacial score (nSPS) is 24.3. The second-order valence-electron chi connectivity index (χ2n) is 7.17. The molecule has 3 aliphatic rings. The van der Waals surface area contributed by atoms with Crippen LogP contribution in [-0.2, 0) is 4.74 Å². The van der Waals surface area contributed by atoms with Crippen molar-refractivity contribution < 1.29 is 9.53 Å². The molecule has 130 valence electrons. The Hall–Kier alpha value is -1.46. The van der Waals surface area contributed by atoms with Gasteiger partial charge in [0.1, 0.15) is 0 Å². The molecule has 6 heteroatoms. The van der Waals surface area contributed by atoms with Crippen LogP contribution in [0.3, 0.4) is 0 Å². The molecule has 2 saturated carbocycles. The number of carbonyl (C=O) groups excluding carboxylic acids is 1. The minimum Gasteiger partial charge on any atom is -0.450 e. The minimum absolute atomic E-state index is 0.187. The molecule has 3 fully saturated rings. The smallest absolute Gasteiger partial charge is 0.409 e. The molecule has 1 heterocycles. The molecule has 0 aromatic carbocycles. The van der Waals surface area contributed by atoms with E-state index in [1.54, 1.807) is 4.90 Å². The predicted molar refractivity (Wildman–Crippen MR) is 90.5 cm³/mol. The van der Waals surface area contributed by atoms with Gasteiger partial charge in [0.25, 0.3) is 0 Å². The van der Waals surface area contributed by atoms with Gasteiger partial charge in [-0.15, -0.1) is 0 Å². The van der Waals surface area contributed by atoms with Gasteiger partial charge in [0.05, 0.1) is 6.61 Å². The van der Waals surface area contributed by atoms with Gasteiger partial charge in [0, 0.05) is 32.7 Å². The monoisotopic (exact) mass is 322 g/mol. The molecule has 0 unspecified atom stereocenters. The number of nitrogens with one attached hydrogen (secondary N) is 2. The first-order valence-electron chi connectivity index (χ1n) is 9.06. The van der Waals surface area contributed by atoms with Crippen LogP contribution in [0.5, 0.6) is 0 Å². The van der Waals surface area contributed by atoms with Crippen LogP contribution in [0.4, 0.5) is 4.79 Å². The van der Waals surface area contributed by atoms with Gasteiger partial charge in [0.15, 0.2) is 5.96 Å². The molecular formula is C17H30N4O2. The lowest BCUT2D eigenvalue weighted by atomic mass is 10.0. The molecule has 2 aliphatic carbocycles. The highest BCUT2D eigenvalue weighted by molar-refractivity contribution is 5.80. The molecule has 0 spiro atoms. The Morgan fingerprint density at radius 2 is 1.96 bits per heavy atom. The van der Waals surface area contributed by atoms with Crippen molar-refractivity contribution in [1.82, 2.24) is 15.5 Å². The molecular weight excluding hydrogens is 292 g/mol. The van der Waals surface area contributed by atoms with Crippen LogP contribution in [0.25, 0.3) is 0 Å². The van der Waals surface area contributed by atoms with E-state index in [4.69, 9.17) is 4.74 Å². The van der Waals surface area contributed by atoms with E-state index < -0.39 is 0 Å². The van der Waals surface area contributed by atoms with Crippen molar-refractivity contribution in [2.75, 3.05) is 33.3 Å². The molecule has 0 bridgehead atoms. The molecule has 1 amide bonds. The summed E-state index contributed by atoms with van der Waals surface area (Å²) >= 11 is 0. The highest BCUT2D eigenvalue weighted by atomic mass is 16.6. The summed E-state index contributed by atoms with van der Waals surface area (Å²) in [5.74, 6) is 1.87. The minimum atomic E-state index is -0.187. The maximum Gasteiger partial charge on any atom is 0.409 e. The van der Waals surface area contributed by atoms with Crippen molar-refractivity contribution in [3.63, 3.8) is 0 Å². The number of hydrogen-bond acceptors (Lipinski definition) is 3. The number of nitrogens with zero attached hydrogens (tertiary/aromatic N) is 2. The first-order valence-corrected chi connectivity index (χ1v) is 9.06. The van der Waals surface area contributed by atoms with Crippen molar-refractivity contribution in [2.45, 2.75) is 51.5 Å². The fraction of sp³-hybridized carbons (Fsp3) is 0.882. The molecule has 0 aromatic rings. The molecule has 0 radical (unpaired) electrons. The first-order chi connectivity index (χ1) is 11.2. The van der Waals surface area contributed by atoms with Gasteiger partial charge in [-0.05, 0) is 56.8 Å². The third kappa shape index (κ3) is 4.09. The number of likely N-dealkylation sites (tertiary alicyclic amines) is 1. The van der Waals surface area contributed by atoms with E-state index in [0.29, 0.717) is 18.1 Å². The highest BCUT2D eigenvalue weighted by Crippen LogP contribution is 2.60. The van der Waals surface area contributed by atoms with Crippen molar-refractivity contribution in [2.24, 2.45) is 16.3 Å². The van der Waals surface area contributed by atoms with E-state index in [2.05, 4.69) is 15.6 Å². The maximum absolute atomic E-state index is 11.7. The summed E-state index contributed by atoms with van der Waals surface area (Å²) in [6.45, 7) is 4.84. The Bertz CT molecular complexity index is 450. The summed E-state index contributed by atoms with van der Waals surface area (Å²) in [4.78, 5) is 17.9. The van der Waals surface area contributed by atoms with Crippen molar-refractivity contribution in [3.8, 4) is 0 Å². The van der Waals surface area contributed by atoms with Crippen LogP contribution in [0.2, 0.25) is 0 Å². The Morgan fingerprint density at radius 1 is 1.26 bits per heavy atom. The molecule has 6 nitrogen and oxygen atoms in total. The fourth-order valence-electron chi connectivity index (χ4n) is 3.65. The molecule has 1 aliphatic heterocycles. The van der Waals surface area contributed by atoms with E-state index in [1.165, 1.54) is 25.7 Å². The van der Waals surface area contributed by atoms with Crippen molar-refractivity contribution >= 4 is 12.1 Å². The zero-order valence-electron chi connectivity index (χ0n) is 14.4. The van der Waals surface area contributed by atoms with Crippen LogP contribution in [0.1, 0.15) is 45.4 Å². The van der Waals surface area contributed by atoms with Crippen LogP contribution < -0.4 is 10.6 Å². The van der Waals surface area contributed by atoms with Gasteiger partial charge < -0.3 is 20.3 Å². The quantitative estimate of drug-likeness (QED) is 0.600. The Kier molecular flexibility index (Phi) is 4.97. The SMILES string of the molecule is CCOC(=O)N1CCC(NC(=NC)NCC2(C3CC3)CC2)CC1. The number of rotatable bonds is 5. The summed E-state index contributed by atoms with van der Waals surface area (Å²) < 4.78 is 5.06.